The van der Waals surface area contributed by atoms with E-state index in [2.05, 4.69) is 29.8 Å². The highest BCUT2D eigenvalue weighted by Crippen LogP contribution is 2.33. The fourth-order valence-electron chi connectivity index (χ4n) is 1.20. The van der Waals surface area contributed by atoms with Crippen molar-refractivity contribution < 1.29 is 14.1 Å². The minimum absolute atomic E-state index is 0.0986. The number of methoxy groups -OCH3 is 1. The Morgan fingerprint density at radius 2 is 2.44 bits per heavy atom. The Bertz CT molecular complexity index is 539. The van der Waals surface area contributed by atoms with E-state index in [0.717, 1.165) is 3.79 Å². The molecule has 2 rings (SSSR count). The maximum absolute atomic E-state index is 11.5. The molecule has 0 bridgehead atoms. The zero-order chi connectivity index (χ0) is 13.3. The van der Waals surface area contributed by atoms with Crippen molar-refractivity contribution in [1.82, 2.24) is 4.72 Å². The van der Waals surface area contributed by atoms with Crippen LogP contribution in [0.2, 0.25) is 5.02 Å². The van der Waals surface area contributed by atoms with Crippen LogP contribution in [0.3, 0.4) is 0 Å². The molecular weight excluding hydrogens is 364 g/mol. The first-order valence-electron chi connectivity index (χ1n) is 4.53. The van der Waals surface area contributed by atoms with Crippen LogP contribution in [0.1, 0.15) is 4.88 Å². The van der Waals surface area contributed by atoms with Gasteiger partial charge in [-0.05, 0) is 26.4 Å². The monoisotopic (exact) mass is 368 g/mol. The third-order valence-corrected chi connectivity index (χ3v) is 5.22. The number of thiophene rings is 1. The normalized spacial score (nSPS) is 18.8. The molecule has 1 unspecified atom stereocenters. The molecule has 0 amide bonds. The molecule has 1 atom stereocenters. The number of halogens is 2. The molecule has 0 aromatic carbocycles. The molecule has 1 aliphatic heterocycles. The highest BCUT2D eigenvalue weighted by atomic mass is 79.9. The lowest BCUT2D eigenvalue weighted by molar-refractivity contribution is -0.136. The molecule has 9 heteroatoms. The molecule has 96 valence electrons. The van der Waals surface area contributed by atoms with Gasteiger partial charge in [-0.15, -0.1) is 11.3 Å². The summed E-state index contributed by atoms with van der Waals surface area (Å²) in [6.07, 6.45) is 1.47. The van der Waals surface area contributed by atoms with E-state index < -0.39 is 17.5 Å². The van der Waals surface area contributed by atoms with Crippen LogP contribution in [0.25, 0.3) is 0 Å². The third kappa shape index (κ3) is 2.89. The number of rotatable bonds is 2. The molecule has 1 aromatic heterocycles. The standard InChI is InChI=1S/C9H6BrClN2O3S2/c1-16-9(14)6-3-5(12-18(15)13-6)7-2-4(11)8(10)17-7/h2-3,13H,1H3. The van der Waals surface area contributed by atoms with Crippen LogP contribution in [-0.2, 0) is 21.1 Å². The summed E-state index contributed by atoms with van der Waals surface area (Å²) < 4.78 is 23.1. The first-order chi connectivity index (χ1) is 8.51. The largest absolute Gasteiger partial charge is 0.567 e. The van der Waals surface area contributed by atoms with Crippen LogP contribution in [-0.4, -0.2) is 23.3 Å². The number of ether oxygens (including phenoxy) is 1. The summed E-state index contributed by atoms with van der Waals surface area (Å²) in [7, 11) is 1.25. The van der Waals surface area contributed by atoms with Gasteiger partial charge in [-0.1, -0.05) is 11.6 Å². The molecule has 1 N–H and O–H groups in total. The molecular formula is C9H6BrClN2O3S2. The van der Waals surface area contributed by atoms with Crippen LogP contribution in [0.5, 0.6) is 0 Å². The first-order valence-corrected chi connectivity index (χ1v) is 7.63. The van der Waals surface area contributed by atoms with Gasteiger partial charge in [0.05, 0.1) is 20.8 Å². The Kier molecular flexibility index (Phi) is 4.33. The van der Waals surface area contributed by atoms with Gasteiger partial charge in [0.1, 0.15) is 5.71 Å². The van der Waals surface area contributed by atoms with Crippen molar-refractivity contribution in [3.8, 4) is 0 Å². The van der Waals surface area contributed by atoms with Gasteiger partial charge in [-0.25, -0.2) is 4.79 Å². The zero-order valence-corrected chi connectivity index (χ0v) is 12.9. The predicted molar refractivity (Wildman–Crippen MR) is 74.9 cm³/mol. The molecule has 18 heavy (non-hydrogen) atoms. The average molecular weight is 370 g/mol. The number of nitrogens with one attached hydrogen (secondary N) is 1. The van der Waals surface area contributed by atoms with Gasteiger partial charge >= 0.3 is 5.97 Å². The number of hydrogen-bond acceptors (Lipinski definition) is 6. The van der Waals surface area contributed by atoms with Crippen molar-refractivity contribution in [1.29, 1.82) is 0 Å². The fraction of sp³-hybridized carbons (Fsp3) is 0.111. The second kappa shape index (κ2) is 5.62. The van der Waals surface area contributed by atoms with E-state index >= 15 is 0 Å². The van der Waals surface area contributed by atoms with Crippen molar-refractivity contribution in [3.63, 3.8) is 0 Å². The Labute approximate surface area is 123 Å². The number of allylic oxidation sites excluding steroid dienone is 1. The van der Waals surface area contributed by atoms with Crippen molar-refractivity contribution in [3.05, 3.63) is 31.5 Å². The van der Waals surface area contributed by atoms with Gasteiger partial charge in [0.15, 0.2) is 5.70 Å². The molecule has 0 saturated heterocycles. The van der Waals surface area contributed by atoms with Crippen LogP contribution < -0.4 is 4.72 Å². The predicted octanol–water partition coefficient (Wildman–Crippen LogP) is 2.19. The second-order valence-electron chi connectivity index (χ2n) is 3.11. The van der Waals surface area contributed by atoms with E-state index in [9.17, 15) is 9.35 Å². The number of nitrogens with zero attached hydrogens (tertiary/aromatic N) is 1. The van der Waals surface area contributed by atoms with Crippen molar-refractivity contribution in [2.75, 3.05) is 7.11 Å². The minimum Gasteiger partial charge on any atom is -0.567 e. The van der Waals surface area contributed by atoms with E-state index in [1.807, 2.05) is 0 Å². The first kappa shape index (κ1) is 13.9. The van der Waals surface area contributed by atoms with Crippen molar-refractivity contribution >= 4 is 62.1 Å². The van der Waals surface area contributed by atoms with Crippen LogP contribution in [0.4, 0.5) is 0 Å². The number of esters is 1. The smallest absolute Gasteiger partial charge is 0.358 e. The van der Waals surface area contributed by atoms with Gasteiger partial charge in [0, 0.05) is 6.08 Å². The molecule has 0 aliphatic carbocycles. The Morgan fingerprint density at radius 3 is 3.00 bits per heavy atom. The summed E-state index contributed by atoms with van der Waals surface area (Å²) in [6.45, 7) is 0. The lowest BCUT2D eigenvalue weighted by Gasteiger charge is -2.13. The highest BCUT2D eigenvalue weighted by Gasteiger charge is 2.25. The van der Waals surface area contributed by atoms with E-state index in [1.165, 1.54) is 24.5 Å². The molecule has 0 radical (unpaired) electrons. The molecule has 0 fully saturated rings. The number of carbonyl (C=O) groups is 1. The maximum atomic E-state index is 11.5. The molecule has 1 aliphatic rings. The van der Waals surface area contributed by atoms with Crippen LogP contribution >= 0.6 is 38.9 Å². The Hall–Kier alpha value is -0.540. The number of hydrogen-bond donors (Lipinski definition) is 1. The topological polar surface area (TPSA) is 73.8 Å². The van der Waals surface area contributed by atoms with Gasteiger partial charge in [0.2, 0.25) is 11.5 Å². The van der Waals surface area contributed by atoms with E-state index in [1.54, 1.807) is 6.07 Å². The quantitative estimate of drug-likeness (QED) is 0.640. The van der Waals surface area contributed by atoms with E-state index in [4.69, 9.17) is 11.6 Å². The SMILES string of the molecule is COC(=O)C1=CC(c2cc(Cl)c(Br)s2)=N[S+]([O-])N1. The molecule has 2 heterocycles. The Balaban J connectivity index is 2.37. The lowest BCUT2D eigenvalue weighted by Crippen LogP contribution is -2.31. The van der Waals surface area contributed by atoms with Crippen LogP contribution in [0, 0.1) is 0 Å². The summed E-state index contributed by atoms with van der Waals surface area (Å²) in [6, 6.07) is 1.68. The molecule has 1 aromatic rings. The highest BCUT2D eigenvalue weighted by molar-refractivity contribution is 9.11. The molecule has 5 nitrogen and oxygen atoms in total. The average Bonchev–Trinajstić information content (AvgIpc) is 2.68. The van der Waals surface area contributed by atoms with Gasteiger partial charge in [-0.3, -0.25) is 0 Å². The van der Waals surface area contributed by atoms with Gasteiger partial charge in [-0.2, -0.15) is 4.72 Å². The molecule has 0 saturated carbocycles. The molecule has 0 spiro atoms. The summed E-state index contributed by atoms with van der Waals surface area (Å²) in [4.78, 5) is 12.1. The summed E-state index contributed by atoms with van der Waals surface area (Å²) in [5.74, 6) is -0.600. The third-order valence-electron chi connectivity index (χ3n) is 1.96. The Morgan fingerprint density at radius 1 is 1.72 bits per heavy atom. The lowest BCUT2D eigenvalue weighted by atomic mass is 10.2. The van der Waals surface area contributed by atoms with Crippen LogP contribution in [0.15, 0.2) is 26.0 Å². The van der Waals surface area contributed by atoms with Crippen molar-refractivity contribution in [2.24, 2.45) is 4.40 Å². The minimum atomic E-state index is -1.70. The number of carbonyl (C=O) groups excluding carboxylic acids is 1. The summed E-state index contributed by atoms with van der Waals surface area (Å²) >= 11 is 8.84. The zero-order valence-electron chi connectivity index (χ0n) is 8.90. The second-order valence-corrected chi connectivity index (χ2v) is 6.77. The summed E-state index contributed by atoms with van der Waals surface area (Å²) in [5, 5.41) is 0.537. The van der Waals surface area contributed by atoms with Crippen molar-refractivity contribution in [2.45, 2.75) is 0 Å². The van der Waals surface area contributed by atoms with E-state index in [0.29, 0.717) is 15.6 Å². The van der Waals surface area contributed by atoms with Gasteiger partial charge < -0.3 is 9.29 Å². The van der Waals surface area contributed by atoms with E-state index in [-0.39, 0.29) is 5.70 Å². The van der Waals surface area contributed by atoms with Gasteiger partial charge in [0.25, 0.3) is 0 Å². The fourth-order valence-corrected chi connectivity index (χ4v) is 3.62. The summed E-state index contributed by atoms with van der Waals surface area (Å²) in [5.41, 5.74) is 0.520. The maximum Gasteiger partial charge on any atom is 0.358 e.